The third kappa shape index (κ3) is 3.62. The van der Waals surface area contributed by atoms with Crippen LogP contribution in [0.3, 0.4) is 0 Å². The first-order valence-electron chi connectivity index (χ1n) is 5.85. The van der Waals surface area contributed by atoms with Crippen molar-refractivity contribution in [1.82, 2.24) is 4.98 Å². The van der Waals surface area contributed by atoms with E-state index < -0.39 is 12.0 Å². The summed E-state index contributed by atoms with van der Waals surface area (Å²) in [6, 6.07) is 8.70. The highest BCUT2D eigenvalue weighted by Gasteiger charge is 2.16. The first-order chi connectivity index (χ1) is 9.56. The number of carbonyl (C=O) groups is 2. The van der Waals surface area contributed by atoms with Gasteiger partial charge in [-0.2, -0.15) is 0 Å². The van der Waals surface area contributed by atoms with Gasteiger partial charge in [-0.3, -0.25) is 4.79 Å². The number of carbonyl (C=O) groups excluding carboxylic acids is 1. The van der Waals surface area contributed by atoms with Crippen molar-refractivity contribution in [1.29, 1.82) is 0 Å². The minimum atomic E-state index is -1.13. The molecule has 0 aliphatic rings. The van der Waals surface area contributed by atoms with Crippen LogP contribution >= 0.6 is 11.3 Å². The van der Waals surface area contributed by atoms with Gasteiger partial charge in [0.15, 0.2) is 10.8 Å². The van der Waals surface area contributed by atoms with Crippen molar-refractivity contribution in [3.05, 3.63) is 47.0 Å². The van der Waals surface area contributed by atoms with Gasteiger partial charge in [0.05, 0.1) is 6.04 Å². The number of aromatic nitrogens is 1. The van der Waals surface area contributed by atoms with Crippen LogP contribution in [0.2, 0.25) is 0 Å². The SMILES string of the molecule is N[C@@H](Cc1ccccc1)C(=O)Nc1nc(C(=O)O)cs1. The lowest BCUT2D eigenvalue weighted by atomic mass is 10.1. The molecular formula is C13H13N3O3S. The first-order valence-corrected chi connectivity index (χ1v) is 6.73. The van der Waals surface area contributed by atoms with Crippen molar-refractivity contribution in [2.45, 2.75) is 12.5 Å². The molecule has 0 bridgehead atoms. The van der Waals surface area contributed by atoms with Crippen molar-refractivity contribution in [2.75, 3.05) is 5.32 Å². The molecule has 0 spiro atoms. The lowest BCUT2D eigenvalue weighted by Crippen LogP contribution is -2.37. The fourth-order valence-electron chi connectivity index (χ4n) is 1.59. The molecule has 1 atom stereocenters. The molecule has 7 heteroatoms. The zero-order chi connectivity index (χ0) is 14.5. The first kappa shape index (κ1) is 14.2. The molecule has 20 heavy (non-hydrogen) atoms. The third-order valence-corrected chi connectivity index (χ3v) is 3.35. The Morgan fingerprint density at radius 1 is 1.35 bits per heavy atom. The summed E-state index contributed by atoms with van der Waals surface area (Å²) in [5.74, 6) is -1.52. The topological polar surface area (TPSA) is 105 Å². The molecule has 1 amide bonds. The Kier molecular flexibility index (Phi) is 4.44. The predicted octanol–water partition coefficient (Wildman–Crippen LogP) is 1.35. The molecule has 2 rings (SSSR count). The van der Waals surface area contributed by atoms with E-state index in [0.29, 0.717) is 6.42 Å². The van der Waals surface area contributed by atoms with Gasteiger partial charge in [-0.15, -0.1) is 11.3 Å². The van der Waals surface area contributed by atoms with Crippen LogP contribution in [-0.4, -0.2) is 28.0 Å². The van der Waals surface area contributed by atoms with Crippen LogP contribution in [0, 0.1) is 0 Å². The van der Waals surface area contributed by atoms with E-state index >= 15 is 0 Å². The number of aromatic carboxylic acids is 1. The molecule has 0 fully saturated rings. The van der Waals surface area contributed by atoms with E-state index in [1.54, 1.807) is 0 Å². The van der Waals surface area contributed by atoms with E-state index in [-0.39, 0.29) is 16.7 Å². The van der Waals surface area contributed by atoms with Crippen LogP contribution in [0.4, 0.5) is 5.13 Å². The van der Waals surface area contributed by atoms with Crippen LogP contribution in [0.25, 0.3) is 0 Å². The van der Waals surface area contributed by atoms with Gasteiger partial charge in [0.2, 0.25) is 5.91 Å². The van der Waals surface area contributed by atoms with E-state index in [4.69, 9.17) is 10.8 Å². The van der Waals surface area contributed by atoms with Crippen LogP contribution in [0.1, 0.15) is 16.1 Å². The maximum Gasteiger partial charge on any atom is 0.355 e. The molecule has 4 N–H and O–H groups in total. The second-order valence-electron chi connectivity index (χ2n) is 4.13. The average Bonchev–Trinajstić information content (AvgIpc) is 2.88. The van der Waals surface area contributed by atoms with Crippen LogP contribution in [0.15, 0.2) is 35.7 Å². The second-order valence-corrected chi connectivity index (χ2v) is 4.99. The summed E-state index contributed by atoms with van der Waals surface area (Å²) in [6.07, 6.45) is 0.407. The molecular weight excluding hydrogens is 278 g/mol. The zero-order valence-corrected chi connectivity index (χ0v) is 11.3. The van der Waals surface area contributed by atoms with Crippen molar-refractivity contribution < 1.29 is 14.7 Å². The Labute approximate surface area is 119 Å². The van der Waals surface area contributed by atoms with Gasteiger partial charge in [-0.1, -0.05) is 30.3 Å². The summed E-state index contributed by atoms with van der Waals surface area (Å²) in [4.78, 5) is 26.3. The number of amides is 1. The Balaban J connectivity index is 1.95. The number of nitrogens with zero attached hydrogens (tertiary/aromatic N) is 1. The Bertz CT molecular complexity index is 612. The summed E-state index contributed by atoms with van der Waals surface area (Å²) >= 11 is 1.05. The molecule has 1 aromatic carbocycles. The fraction of sp³-hybridized carbons (Fsp3) is 0.154. The lowest BCUT2D eigenvalue weighted by Gasteiger charge is -2.10. The van der Waals surface area contributed by atoms with Crippen LogP contribution < -0.4 is 11.1 Å². The highest BCUT2D eigenvalue weighted by Crippen LogP contribution is 2.15. The number of hydrogen-bond donors (Lipinski definition) is 3. The van der Waals surface area contributed by atoms with Crippen molar-refractivity contribution in [2.24, 2.45) is 5.73 Å². The summed E-state index contributed by atoms with van der Waals surface area (Å²) < 4.78 is 0. The number of nitrogens with two attached hydrogens (primary N) is 1. The van der Waals surface area contributed by atoms with Crippen molar-refractivity contribution >= 4 is 28.3 Å². The number of hydrogen-bond acceptors (Lipinski definition) is 5. The summed E-state index contributed by atoms with van der Waals surface area (Å²) in [6.45, 7) is 0. The third-order valence-electron chi connectivity index (χ3n) is 2.59. The number of rotatable bonds is 5. The average molecular weight is 291 g/mol. The monoisotopic (exact) mass is 291 g/mol. The molecule has 1 aromatic heterocycles. The minimum absolute atomic E-state index is 0.0954. The van der Waals surface area contributed by atoms with E-state index in [0.717, 1.165) is 16.9 Å². The number of anilines is 1. The quantitative estimate of drug-likeness (QED) is 0.771. The molecule has 6 nitrogen and oxygen atoms in total. The van der Waals surface area contributed by atoms with Gasteiger partial charge in [0.25, 0.3) is 0 Å². The minimum Gasteiger partial charge on any atom is -0.476 e. The summed E-state index contributed by atoms with van der Waals surface area (Å²) in [5, 5.41) is 12.9. The second kappa shape index (κ2) is 6.27. The van der Waals surface area contributed by atoms with E-state index in [1.807, 2.05) is 30.3 Å². The predicted molar refractivity (Wildman–Crippen MR) is 75.8 cm³/mol. The van der Waals surface area contributed by atoms with Gasteiger partial charge in [0, 0.05) is 5.38 Å². The number of benzene rings is 1. The van der Waals surface area contributed by atoms with Crippen LogP contribution in [-0.2, 0) is 11.2 Å². The number of carboxylic acid groups (broad SMARTS) is 1. The molecule has 104 valence electrons. The van der Waals surface area contributed by atoms with Gasteiger partial charge < -0.3 is 16.2 Å². The van der Waals surface area contributed by atoms with Gasteiger partial charge in [0.1, 0.15) is 0 Å². The highest BCUT2D eigenvalue weighted by molar-refractivity contribution is 7.14. The van der Waals surface area contributed by atoms with Crippen LogP contribution in [0.5, 0.6) is 0 Å². The lowest BCUT2D eigenvalue weighted by molar-refractivity contribution is -0.117. The Morgan fingerprint density at radius 2 is 2.05 bits per heavy atom. The number of thiazole rings is 1. The van der Waals surface area contributed by atoms with Gasteiger partial charge >= 0.3 is 5.97 Å². The van der Waals surface area contributed by atoms with E-state index in [9.17, 15) is 9.59 Å². The highest BCUT2D eigenvalue weighted by atomic mass is 32.1. The molecule has 1 heterocycles. The fourth-order valence-corrected chi connectivity index (χ4v) is 2.28. The van der Waals surface area contributed by atoms with Crippen molar-refractivity contribution in [3.8, 4) is 0 Å². The Hall–Kier alpha value is -2.25. The molecule has 0 radical (unpaired) electrons. The standard InChI is InChI=1S/C13H13N3O3S/c14-9(6-8-4-2-1-3-5-8)11(17)16-13-15-10(7-20-13)12(18)19/h1-5,7,9H,6,14H2,(H,18,19)(H,15,16,17)/t9-/m0/s1. The maximum absolute atomic E-state index is 11.9. The zero-order valence-electron chi connectivity index (χ0n) is 10.4. The smallest absolute Gasteiger partial charge is 0.355 e. The maximum atomic E-state index is 11.9. The van der Waals surface area contributed by atoms with Crippen molar-refractivity contribution in [3.63, 3.8) is 0 Å². The normalized spacial score (nSPS) is 11.8. The molecule has 0 saturated heterocycles. The molecule has 0 saturated carbocycles. The Morgan fingerprint density at radius 3 is 2.65 bits per heavy atom. The molecule has 0 aliphatic heterocycles. The molecule has 2 aromatic rings. The molecule has 0 unspecified atom stereocenters. The van der Waals surface area contributed by atoms with Gasteiger partial charge in [-0.25, -0.2) is 9.78 Å². The number of nitrogens with one attached hydrogen (secondary N) is 1. The number of carboxylic acids is 1. The molecule has 0 aliphatic carbocycles. The summed E-state index contributed by atoms with van der Waals surface area (Å²) in [5.41, 5.74) is 6.68. The largest absolute Gasteiger partial charge is 0.476 e. The summed E-state index contributed by atoms with van der Waals surface area (Å²) in [7, 11) is 0. The van der Waals surface area contributed by atoms with E-state index in [2.05, 4.69) is 10.3 Å². The van der Waals surface area contributed by atoms with Gasteiger partial charge in [-0.05, 0) is 12.0 Å². The van der Waals surface area contributed by atoms with E-state index in [1.165, 1.54) is 5.38 Å².